The number of nitrogens with zero attached hydrogens (tertiary/aromatic N) is 5. The highest BCUT2D eigenvalue weighted by molar-refractivity contribution is 7.80. The van der Waals surface area contributed by atoms with E-state index in [0.29, 0.717) is 55.2 Å². The SMILES string of the molecule is [C-]#[N+]c1ccc(C2C(=O)C(C)(C)N(c3ccc(C(=O)N4CCC(OCCCOCC(=O)N[C@H](C(=O)N5C[C@H](O)C[C@H]5C(=O)NCc5ccc(-c6scnc6C)cc5)C(C)(C)C)CC4)cc3)C2=S)cc1C. The smallest absolute Gasteiger partial charge is 0.253 e. The van der Waals surface area contributed by atoms with Crippen molar-refractivity contribution < 1.29 is 38.6 Å². The van der Waals surface area contributed by atoms with Gasteiger partial charge in [0.25, 0.3) is 5.91 Å². The van der Waals surface area contributed by atoms with E-state index in [1.54, 1.807) is 35.6 Å². The number of nitrogens with one attached hydrogen (secondary N) is 2. The number of ketones is 1. The van der Waals surface area contributed by atoms with Crippen LogP contribution in [0.1, 0.15) is 99.0 Å². The number of Topliss-reactive ketones (excluding diaryl/α,β-unsaturated/α-hetero) is 1. The number of aliphatic hydroxyl groups is 1. The molecule has 0 bridgehead atoms. The topological polar surface area (TPSA) is 175 Å². The Balaban J connectivity index is 0.814. The average molecular weight is 990 g/mol. The Hall–Kier alpha value is -5.90. The largest absolute Gasteiger partial charge is 0.391 e. The van der Waals surface area contributed by atoms with Crippen LogP contribution in [-0.2, 0) is 35.2 Å². The standard InChI is InChI=1S/C53H63N7O8S2/c1-32-26-37(16-19-41(32)54-8)44-47(63)53(6,7)60(51(44)69)38-17-14-36(15-18-38)49(65)58-22-20-40(21-23-58)68-25-9-24-67-30-43(62)57-46(52(3,4)5)50(66)59-29-39(61)27-42(59)48(64)55-28-34-10-12-35(13-11-34)45-33(2)56-31-70-45/h10-19,26,31,39-40,42,44,46,61H,9,20-25,27-30H2,1-7H3,(H,55,64)(H,57,62)/t39-,42+,44?,46-/m1/s1. The normalized spacial score (nSPS) is 19.8. The molecule has 3 aliphatic rings. The van der Waals surface area contributed by atoms with Crippen molar-refractivity contribution in [1.82, 2.24) is 25.4 Å². The van der Waals surface area contributed by atoms with E-state index in [0.717, 1.165) is 38.5 Å². The van der Waals surface area contributed by atoms with Gasteiger partial charge in [0.1, 0.15) is 18.7 Å². The van der Waals surface area contributed by atoms with Gasteiger partial charge in [0.15, 0.2) is 11.5 Å². The van der Waals surface area contributed by atoms with Crippen molar-refractivity contribution in [2.24, 2.45) is 5.41 Å². The maximum Gasteiger partial charge on any atom is 0.253 e. The fraction of sp³-hybridized carbons (Fsp3) is 0.472. The van der Waals surface area contributed by atoms with Gasteiger partial charge in [-0.2, -0.15) is 0 Å². The van der Waals surface area contributed by atoms with Crippen LogP contribution in [0.15, 0.2) is 72.2 Å². The zero-order valence-electron chi connectivity index (χ0n) is 41.0. The molecular formula is C53H63N7O8S2. The van der Waals surface area contributed by atoms with Crippen molar-refractivity contribution in [2.75, 3.05) is 44.4 Å². The summed E-state index contributed by atoms with van der Waals surface area (Å²) in [5.74, 6) is -2.02. The van der Waals surface area contributed by atoms with Crippen molar-refractivity contribution in [3.8, 4) is 10.4 Å². The number of thiazole rings is 1. The third kappa shape index (κ3) is 11.6. The molecule has 1 aromatic heterocycles. The maximum absolute atomic E-state index is 14.0. The number of aliphatic hydroxyl groups excluding tert-OH is 1. The minimum atomic E-state index is -0.972. The van der Waals surface area contributed by atoms with E-state index in [9.17, 15) is 29.1 Å². The summed E-state index contributed by atoms with van der Waals surface area (Å²) in [6, 6.07) is 18.6. The maximum atomic E-state index is 14.0. The third-order valence-corrected chi connectivity index (χ3v) is 14.8. The molecule has 0 radical (unpaired) electrons. The monoisotopic (exact) mass is 989 g/mol. The molecule has 0 spiro atoms. The number of carbonyl (C=O) groups is 5. The molecule has 70 heavy (non-hydrogen) atoms. The van der Waals surface area contributed by atoms with E-state index in [1.807, 2.05) is 106 Å². The number of likely N-dealkylation sites (tertiary alicyclic amines) is 2. The fourth-order valence-corrected chi connectivity index (χ4v) is 10.8. The zero-order valence-corrected chi connectivity index (χ0v) is 42.6. The van der Waals surface area contributed by atoms with Crippen LogP contribution in [0, 0.1) is 25.8 Å². The van der Waals surface area contributed by atoms with Gasteiger partial charge in [-0.05, 0) is 98.9 Å². The number of ether oxygens (including phenoxy) is 2. The molecular weight excluding hydrogens is 927 g/mol. The average Bonchev–Trinajstić information content (AvgIpc) is 4.00. The Morgan fingerprint density at radius 2 is 1.71 bits per heavy atom. The summed E-state index contributed by atoms with van der Waals surface area (Å²) in [4.78, 5) is 82.4. The van der Waals surface area contributed by atoms with Crippen molar-refractivity contribution in [1.29, 1.82) is 0 Å². The van der Waals surface area contributed by atoms with Crippen LogP contribution >= 0.6 is 23.6 Å². The van der Waals surface area contributed by atoms with Crippen LogP contribution in [-0.4, -0.2) is 124 Å². The van der Waals surface area contributed by atoms with Gasteiger partial charge in [-0.3, -0.25) is 24.0 Å². The highest BCUT2D eigenvalue weighted by Gasteiger charge is 2.51. The van der Waals surface area contributed by atoms with Gasteiger partial charge in [0.05, 0.1) is 51.3 Å². The number of aryl methyl sites for hydroxylation is 2. The molecule has 3 fully saturated rings. The predicted molar refractivity (Wildman–Crippen MR) is 273 cm³/mol. The first-order valence-corrected chi connectivity index (χ1v) is 25.1. The van der Waals surface area contributed by atoms with E-state index in [2.05, 4.69) is 20.5 Å². The zero-order chi connectivity index (χ0) is 50.5. The summed E-state index contributed by atoms with van der Waals surface area (Å²) in [6.45, 7) is 22.1. The molecule has 17 heteroatoms. The van der Waals surface area contributed by atoms with Gasteiger partial charge < -0.3 is 39.9 Å². The summed E-state index contributed by atoms with van der Waals surface area (Å²) in [7, 11) is 0. The van der Waals surface area contributed by atoms with E-state index in [-0.39, 0.29) is 56.4 Å². The third-order valence-electron chi connectivity index (χ3n) is 13.4. The van der Waals surface area contributed by atoms with Crippen LogP contribution in [0.2, 0.25) is 0 Å². The van der Waals surface area contributed by atoms with Gasteiger partial charge in [0.2, 0.25) is 17.7 Å². The first kappa shape index (κ1) is 51.9. The summed E-state index contributed by atoms with van der Waals surface area (Å²) in [5.41, 5.74) is 6.45. The van der Waals surface area contributed by atoms with Gasteiger partial charge in [-0.25, -0.2) is 9.83 Å². The second-order valence-corrected chi connectivity index (χ2v) is 21.2. The van der Waals surface area contributed by atoms with Crippen LogP contribution < -0.4 is 15.5 Å². The quantitative estimate of drug-likeness (QED) is 0.0594. The Bertz CT molecular complexity index is 2630. The molecule has 4 heterocycles. The minimum Gasteiger partial charge on any atom is -0.391 e. The van der Waals surface area contributed by atoms with E-state index >= 15 is 0 Å². The van der Waals surface area contributed by atoms with E-state index in [4.69, 9.17) is 28.3 Å². The number of carbonyl (C=O) groups excluding carboxylic acids is 5. The van der Waals surface area contributed by atoms with Crippen molar-refractivity contribution >= 4 is 69.3 Å². The number of hydrogen-bond donors (Lipinski definition) is 3. The lowest BCUT2D eigenvalue weighted by Gasteiger charge is -2.35. The predicted octanol–water partition coefficient (Wildman–Crippen LogP) is 7.09. The molecule has 15 nitrogen and oxygen atoms in total. The Morgan fingerprint density at radius 3 is 2.34 bits per heavy atom. The molecule has 0 aliphatic carbocycles. The number of thiocarbonyl (C=S) groups is 1. The number of amides is 4. The number of piperidine rings is 1. The van der Waals surface area contributed by atoms with Crippen molar-refractivity contribution in [3.05, 3.63) is 112 Å². The van der Waals surface area contributed by atoms with Gasteiger partial charge >= 0.3 is 0 Å². The molecule has 3 saturated heterocycles. The summed E-state index contributed by atoms with van der Waals surface area (Å²) in [6.07, 6.45) is 1.06. The molecule has 4 amide bonds. The molecule has 3 aliphatic heterocycles. The number of β-amino-alcohol motifs (C(OH)–C–C–N with tert-alkyl or cyclic N) is 1. The van der Waals surface area contributed by atoms with Gasteiger partial charge in [-0.1, -0.05) is 75.5 Å². The van der Waals surface area contributed by atoms with E-state index in [1.165, 1.54) is 4.90 Å². The van der Waals surface area contributed by atoms with Crippen LogP contribution in [0.5, 0.6) is 0 Å². The van der Waals surface area contributed by atoms with E-state index < -0.39 is 46.9 Å². The van der Waals surface area contributed by atoms with Gasteiger partial charge in [0, 0.05) is 57.1 Å². The van der Waals surface area contributed by atoms with Crippen LogP contribution in [0.4, 0.5) is 11.4 Å². The summed E-state index contributed by atoms with van der Waals surface area (Å²) in [5, 5.41) is 16.3. The highest BCUT2D eigenvalue weighted by Crippen LogP contribution is 2.42. The molecule has 0 saturated carbocycles. The molecule has 3 aromatic carbocycles. The molecule has 3 N–H and O–H groups in total. The number of hydrogen-bond acceptors (Lipinski definition) is 11. The second-order valence-electron chi connectivity index (χ2n) is 19.9. The number of rotatable bonds is 16. The first-order valence-electron chi connectivity index (χ1n) is 23.8. The minimum absolute atomic E-state index is 0.0225. The summed E-state index contributed by atoms with van der Waals surface area (Å²) >= 11 is 7.48. The molecule has 4 atom stereocenters. The van der Waals surface area contributed by atoms with Crippen LogP contribution in [0.3, 0.4) is 0 Å². The lowest BCUT2D eigenvalue weighted by molar-refractivity contribution is -0.144. The lowest BCUT2D eigenvalue weighted by atomic mass is 9.85. The number of aromatic nitrogens is 1. The lowest BCUT2D eigenvalue weighted by Crippen LogP contribution is -2.58. The summed E-state index contributed by atoms with van der Waals surface area (Å²) < 4.78 is 11.8. The van der Waals surface area contributed by atoms with Crippen molar-refractivity contribution in [2.45, 2.75) is 116 Å². The first-order chi connectivity index (χ1) is 33.3. The molecule has 370 valence electrons. The highest BCUT2D eigenvalue weighted by atomic mass is 32.1. The number of anilines is 1. The fourth-order valence-electron chi connectivity index (χ4n) is 9.43. The Kier molecular flexibility index (Phi) is 16.3. The Labute approximate surface area is 419 Å². The Morgan fingerprint density at radius 1 is 1.01 bits per heavy atom. The molecule has 1 unspecified atom stereocenters. The van der Waals surface area contributed by atoms with Crippen LogP contribution in [0.25, 0.3) is 15.3 Å². The molecule has 7 rings (SSSR count). The second kappa shape index (κ2) is 22.0. The van der Waals surface area contributed by atoms with Crippen molar-refractivity contribution in [3.63, 3.8) is 0 Å². The molecule has 4 aromatic rings. The number of benzene rings is 3. The van der Waals surface area contributed by atoms with Gasteiger partial charge in [-0.15, -0.1) is 11.3 Å².